The van der Waals surface area contributed by atoms with Crippen LogP contribution < -0.4 is 0 Å². The van der Waals surface area contributed by atoms with E-state index in [2.05, 4.69) is 130 Å². The van der Waals surface area contributed by atoms with Gasteiger partial charge in [-0.15, -0.1) is 0 Å². The number of unbranched alkanes of at least 4 members (excludes halogenated alkanes) is 31. The lowest BCUT2D eigenvalue weighted by atomic mass is 10.0. The molecule has 452 valence electrons. The Balaban J connectivity index is 4.41. The Morgan fingerprint density at radius 3 is 0.785 bits per heavy atom. The number of carbonyl (C=O) groups excluding carboxylic acids is 3. The van der Waals surface area contributed by atoms with Crippen LogP contribution in [0.5, 0.6) is 0 Å². The van der Waals surface area contributed by atoms with E-state index in [0.29, 0.717) is 19.3 Å². The second kappa shape index (κ2) is 66.6. The molecule has 0 rings (SSSR count). The molecule has 0 N–H and O–H groups in total. The molecule has 0 aromatic heterocycles. The van der Waals surface area contributed by atoms with Gasteiger partial charge in [-0.25, -0.2) is 0 Å². The van der Waals surface area contributed by atoms with Crippen LogP contribution in [0.15, 0.2) is 109 Å². The highest BCUT2D eigenvalue weighted by atomic mass is 16.6. The summed E-state index contributed by atoms with van der Waals surface area (Å²) in [5.41, 5.74) is 0. The first kappa shape index (κ1) is 75.1. The lowest BCUT2D eigenvalue weighted by Gasteiger charge is -2.18. The van der Waals surface area contributed by atoms with Crippen LogP contribution in [0.3, 0.4) is 0 Å². The second-order valence-electron chi connectivity index (χ2n) is 22.0. The average Bonchev–Trinajstić information content (AvgIpc) is 3.45. The molecule has 0 saturated heterocycles. The van der Waals surface area contributed by atoms with Crippen LogP contribution in [0, 0.1) is 0 Å². The van der Waals surface area contributed by atoms with Crippen LogP contribution >= 0.6 is 0 Å². The van der Waals surface area contributed by atoms with Crippen molar-refractivity contribution in [3.8, 4) is 0 Å². The fourth-order valence-electron chi connectivity index (χ4n) is 9.30. The summed E-state index contributed by atoms with van der Waals surface area (Å²) >= 11 is 0. The monoisotopic (exact) mass is 1100 g/mol. The van der Waals surface area contributed by atoms with Crippen LogP contribution in [-0.2, 0) is 28.6 Å². The van der Waals surface area contributed by atoms with Crippen molar-refractivity contribution in [2.75, 3.05) is 13.2 Å². The van der Waals surface area contributed by atoms with Crippen molar-refractivity contribution < 1.29 is 28.6 Å². The minimum absolute atomic E-state index is 0.0898. The molecule has 0 spiro atoms. The van der Waals surface area contributed by atoms with E-state index in [9.17, 15) is 14.4 Å². The molecular formula is C73H124O6. The van der Waals surface area contributed by atoms with E-state index in [0.717, 1.165) is 135 Å². The highest BCUT2D eigenvalue weighted by Gasteiger charge is 2.19. The summed E-state index contributed by atoms with van der Waals surface area (Å²) in [6.07, 6.45) is 91.0. The van der Waals surface area contributed by atoms with E-state index in [1.807, 2.05) is 0 Å². The average molecular weight is 1100 g/mol. The molecule has 0 radical (unpaired) electrons. The lowest BCUT2D eigenvalue weighted by molar-refractivity contribution is -0.167. The molecule has 0 aromatic carbocycles. The summed E-state index contributed by atoms with van der Waals surface area (Å²) in [7, 11) is 0. The van der Waals surface area contributed by atoms with Gasteiger partial charge >= 0.3 is 17.9 Å². The first-order valence-corrected chi connectivity index (χ1v) is 33.4. The predicted octanol–water partition coefficient (Wildman–Crippen LogP) is 23.0. The van der Waals surface area contributed by atoms with Crippen molar-refractivity contribution >= 4 is 17.9 Å². The van der Waals surface area contributed by atoms with Gasteiger partial charge in [0, 0.05) is 19.3 Å². The first-order valence-electron chi connectivity index (χ1n) is 33.4. The number of hydrogen-bond acceptors (Lipinski definition) is 6. The zero-order chi connectivity index (χ0) is 57.1. The minimum atomic E-state index is -0.797. The van der Waals surface area contributed by atoms with Gasteiger partial charge < -0.3 is 14.2 Å². The number of ether oxygens (including phenoxy) is 3. The molecule has 0 heterocycles. The van der Waals surface area contributed by atoms with E-state index in [1.54, 1.807) is 0 Å². The Bertz CT molecular complexity index is 1590. The summed E-state index contributed by atoms with van der Waals surface area (Å²) in [6, 6.07) is 0. The van der Waals surface area contributed by atoms with E-state index < -0.39 is 6.10 Å². The maximum Gasteiger partial charge on any atom is 0.306 e. The summed E-state index contributed by atoms with van der Waals surface area (Å²) in [6.45, 7) is 6.42. The van der Waals surface area contributed by atoms with Crippen molar-refractivity contribution in [3.05, 3.63) is 109 Å². The van der Waals surface area contributed by atoms with Gasteiger partial charge in [0.2, 0.25) is 0 Å². The van der Waals surface area contributed by atoms with Gasteiger partial charge in [0.05, 0.1) is 0 Å². The lowest BCUT2D eigenvalue weighted by Crippen LogP contribution is -2.30. The van der Waals surface area contributed by atoms with Gasteiger partial charge in [-0.05, 0) is 122 Å². The molecule has 0 aliphatic rings. The van der Waals surface area contributed by atoms with Crippen LogP contribution in [0.4, 0.5) is 0 Å². The smallest absolute Gasteiger partial charge is 0.306 e. The molecule has 0 aromatic rings. The summed E-state index contributed by atoms with van der Waals surface area (Å²) in [5.74, 6) is -0.910. The maximum absolute atomic E-state index is 12.9. The standard InChI is InChI=1S/C73H124O6/c1-4-7-10-13-16-19-22-25-28-31-33-35-36-38-39-42-45-48-51-54-57-60-63-66-72(75)78-69-70(68-77-71(74)65-62-59-56-53-50-47-44-41-30-27-24-21-18-15-12-9-6-3)79-73(76)67-64-61-58-55-52-49-46-43-40-37-34-32-29-26-23-20-17-14-11-8-5-2/h8-9,11-12,17-18,20-21,26-27,29-31,33-34,37,43,46,70H,4-7,10,13-16,19,22-25,28,32,35-36,38-42,44-45,47-69H2,1-3H3/b11-8-,12-9-,20-17-,21-18-,29-26-,30-27-,33-31-,37-34-,46-43-. The van der Waals surface area contributed by atoms with Crippen LogP contribution in [0.25, 0.3) is 0 Å². The van der Waals surface area contributed by atoms with Gasteiger partial charge in [-0.3, -0.25) is 14.4 Å². The first-order chi connectivity index (χ1) is 39.0. The second-order valence-corrected chi connectivity index (χ2v) is 22.0. The summed E-state index contributed by atoms with van der Waals surface area (Å²) in [5, 5.41) is 0. The van der Waals surface area contributed by atoms with Gasteiger partial charge in [-0.1, -0.05) is 284 Å². The van der Waals surface area contributed by atoms with Crippen molar-refractivity contribution in [2.45, 2.75) is 322 Å². The molecule has 0 aliphatic heterocycles. The Labute approximate surface area is 489 Å². The van der Waals surface area contributed by atoms with E-state index in [-0.39, 0.29) is 31.1 Å². The van der Waals surface area contributed by atoms with Crippen molar-refractivity contribution in [2.24, 2.45) is 0 Å². The summed E-state index contributed by atoms with van der Waals surface area (Å²) in [4.78, 5) is 38.4. The number of hydrogen-bond donors (Lipinski definition) is 0. The topological polar surface area (TPSA) is 78.9 Å². The van der Waals surface area contributed by atoms with E-state index in [4.69, 9.17) is 14.2 Å². The van der Waals surface area contributed by atoms with Gasteiger partial charge in [0.15, 0.2) is 6.10 Å². The Morgan fingerprint density at radius 2 is 0.494 bits per heavy atom. The van der Waals surface area contributed by atoms with Crippen LogP contribution in [-0.4, -0.2) is 37.2 Å². The highest BCUT2D eigenvalue weighted by molar-refractivity contribution is 5.71. The molecule has 6 heteroatoms. The van der Waals surface area contributed by atoms with Crippen molar-refractivity contribution in [3.63, 3.8) is 0 Å². The van der Waals surface area contributed by atoms with Gasteiger partial charge in [-0.2, -0.15) is 0 Å². The maximum atomic E-state index is 12.9. The Kier molecular flexibility index (Phi) is 63.3. The van der Waals surface area contributed by atoms with E-state index in [1.165, 1.54) is 141 Å². The fourth-order valence-corrected chi connectivity index (χ4v) is 9.30. The molecule has 0 bridgehead atoms. The predicted molar refractivity (Wildman–Crippen MR) is 343 cm³/mol. The minimum Gasteiger partial charge on any atom is -0.462 e. The zero-order valence-corrected chi connectivity index (χ0v) is 51.9. The van der Waals surface area contributed by atoms with Crippen molar-refractivity contribution in [1.82, 2.24) is 0 Å². The van der Waals surface area contributed by atoms with Gasteiger partial charge in [0.1, 0.15) is 13.2 Å². The molecule has 79 heavy (non-hydrogen) atoms. The van der Waals surface area contributed by atoms with E-state index >= 15 is 0 Å². The molecule has 6 nitrogen and oxygen atoms in total. The number of carbonyl (C=O) groups is 3. The Hall–Kier alpha value is -3.93. The van der Waals surface area contributed by atoms with Crippen LogP contribution in [0.1, 0.15) is 316 Å². The molecular weight excluding hydrogens is 973 g/mol. The Morgan fingerprint density at radius 1 is 0.266 bits per heavy atom. The molecule has 0 amide bonds. The van der Waals surface area contributed by atoms with Crippen molar-refractivity contribution in [1.29, 1.82) is 0 Å². The molecule has 0 saturated carbocycles. The van der Waals surface area contributed by atoms with Crippen LogP contribution in [0.2, 0.25) is 0 Å². The SMILES string of the molecule is CC/C=C\C/C=C\C/C=C\C/C=C\C/C=C\CCCCCCCC(=O)OC(COC(=O)CCCCCCCCC/C=C\C/C=C\C/C=C\CC)COC(=O)CCCCCCCCCCCCC/C=C\CCCCCCCCCC. The molecule has 0 fully saturated rings. The third-order valence-electron chi connectivity index (χ3n) is 14.2. The molecule has 1 unspecified atom stereocenters. The summed E-state index contributed by atoms with van der Waals surface area (Å²) < 4.78 is 17.0. The van der Waals surface area contributed by atoms with Gasteiger partial charge in [0.25, 0.3) is 0 Å². The normalized spacial score (nSPS) is 12.8. The number of allylic oxidation sites excluding steroid dienone is 18. The largest absolute Gasteiger partial charge is 0.462 e. The third kappa shape index (κ3) is 64.8. The molecule has 1 atom stereocenters. The zero-order valence-electron chi connectivity index (χ0n) is 51.9. The quantitative estimate of drug-likeness (QED) is 0.0261. The fraction of sp³-hybridized carbons (Fsp3) is 0.712. The number of rotatable bonds is 60. The highest BCUT2D eigenvalue weighted by Crippen LogP contribution is 2.16. The third-order valence-corrected chi connectivity index (χ3v) is 14.2. The molecule has 0 aliphatic carbocycles. The number of esters is 3.